The third-order valence-electron chi connectivity index (χ3n) is 6.17. The number of hydrogen-bond donors (Lipinski definition) is 0. The van der Waals surface area contributed by atoms with Crippen LogP contribution in [0.2, 0.25) is 0 Å². The molecule has 0 aliphatic carbocycles. The summed E-state index contributed by atoms with van der Waals surface area (Å²) >= 11 is 0. The van der Waals surface area contributed by atoms with Crippen molar-refractivity contribution >= 4 is 17.4 Å². The Morgan fingerprint density at radius 3 is 2.74 bits per heavy atom. The summed E-state index contributed by atoms with van der Waals surface area (Å²) in [5.41, 5.74) is 2.62. The van der Waals surface area contributed by atoms with E-state index in [2.05, 4.69) is 11.0 Å². The second-order valence-corrected chi connectivity index (χ2v) is 8.35. The molecule has 7 heteroatoms. The van der Waals surface area contributed by atoms with Crippen LogP contribution in [0.5, 0.6) is 17.2 Å². The Hall–Kier alpha value is -4.31. The average Bonchev–Trinajstić information content (AvgIpc) is 3.04. The lowest BCUT2D eigenvalue weighted by atomic mass is 10.1. The van der Waals surface area contributed by atoms with Crippen LogP contribution in [0.1, 0.15) is 28.4 Å². The Balaban J connectivity index is 1.46. The molecule has 0 N–H and O–H groups in total. The molecule has 0 bridgehead atoms. The number of hydrogen-bond acceptors (Lipinski definition) is 6. The number of rotatable bonds is 2. The van der Waals surface area contributed by atoms with Crippen molar-refractivity contribution in [2.45, 2.75) is 13.0 Å². The van der Waals surface area contributed by atoms with Gasteiger partial charge in [-0.2, -0.15) is 5.26 Å². The van der Waals surface area contributed by atoms with E-state index in [-0.39, 0.29) is 11.9 Å². The number of carbonyl (C=O) groups excluding carboxylic acids is 1. The van der Waals surface area contributed by atoms with Crippen LogP contribution >= 0.6 is 0 Å². The first-order chi connectivity index (χ1) is 16.6. The minimum absolute atomic E-state index is 0.0526. The second kappa shape index (κ2) is 8.91. The van der Waals surface area contributed by atoms with Crippen LogP contribution in [0.15, 0.2) is 71.7 Å². The topological polar surface area (TPSA) is 78.2 Å². The normalized spacial score (nSPS) is 16.9. The zero-order valence-electron chi connectivity index (χ0n) is 19.1. The van der Waals surface area contributed by atoms with Gasteiger partial charge >= 0.3 is 0 Å². The molecule has 1 saturated heterocycles. The standard InChI is InChI=1S/C27H24N4O3/c1-18-17-30(12-13-31(18)27(32)20-7-5-6-19(14-20)16-28)26-22-15-21(33-2)10-11-24(22)34-25-9-4-3-8-23(25)29-26/h3-11,14-15,18H,12-13,17H2,1-2H3. The molecule has 1 fully saturated rings. The Morgan fingerprint density at radius 1 is 1.09 bits per heavy atom. The number of benzene rings is 3. The third kappa shape index (κ3) is 3.95. The fourth-order valence-electron chi connectivity index (χ4n) is 4.41. The van der Waals surface area contributed by atoms with Crippen molar-refractivity contribution in [1.82, 2.24) is 9.80 Å². The van der Waals surface area contributed by atoms with E-state index in [1.165, 1.54) is 0 Å². The molecule has 1 atom stereocenters. The molecule has 3 aromatic carbocycles. The third-order valence-corrected chi connectivity index (χ3v) is 6.17. The summed E-state index contributed by atoms with van der Waals surface area (Å²) in [7, 11) is 1.64. The lowest BCUT2D eigenvalue weighted by Crippen LogP contribution is -2.55. The first-order valence-electron chi connectivity index (χ1n) is 11.2. The summed E-state index contributed by atoms with van der Waals surface area (Å²) in [6.45, 7) is 3.80. The lowest BCUT2D eigenvalue weighted by Gasteiger charge is -2.41. The number of nitrogens with zero attached hydrogens (tertiary/aromatic N) is 4. The van der Waals surface area contributed by atoms with E-state index in [0.29, 0.717) is 42.3 Å². The molecule has 5 rings (SSSR count). The zero-order chi connectivity index (χ0) is 23.7. The quantitative estimate of drug-likeness (QED) is 0.568. The van der Waals surface area contributed by atoms with Gasteiger partial charge in [-0.15, -0.1) is 0 Å². The van der Waals surface area contributed by atoms with Crippen molar-refractivity contribution in [1.29, 1.82) is 5.26 Å². The van der Waals surface area contributed by atoms with Crippen LogP contribution in [-0.2, 0) is 0 Å². The van der Waals surface area contributed by atoms with Gasteiger partial charge in [0.15, 0.2) is 5.75 Å². The largest absolute Gasteiger partial charge is 0.497 e. The van der Waals surface area contributed by atoms with Crippen molar-refractivity contribution in [3.63, 3.8) is 0 Å². The van der Waals surface area contributed by atoms with Crippen molar-refractivity contribution in [2.75, 3.05) is 26.7 Å². The second-order valence-electron chi connectivity index (χ2n) is 8.35. The van der Waals surface area contributed by atoms with Gasteiger partial charge < -0.3 is 19.3 Å². The van der Waals surface area contributed by atoms with Gasteiger partial charge in [-0.3, -0.25) is 4.79 Å². The molecule has 0 radical (unpaired) electrons. The molecule has 1 unspecified atom stereocenters. The van der Waals surface area contributed by atoms with Crippen LogP contribution in [0.4, 0.5) is 5.69 Å². The summed E-state index contributed by atoms with van der Waals surface area (Å²) in [5.74, 6) is 2.86. The molecule has 2 aliphatic rings. The van der Waals surface area contributed by atoms with E-state index in [4.69, 9.17) is 14.5 Å². The molecule has 170 valence electrons. The maximum atomic E-state index is 13.2. The number of nitriles is 1. The number of para-hydroxylation sites is 2. The number of amides is 1. The minimum atomic E-state index is -0.0668. The van der Waals surface area contributed by atoms with Crippen LogP contribution in [-0.4, -0.2) is 54.3 Å². The van der Waals surface area contributed by atoms with Gasteiger partial charge in [0.1, 0.15) is 23.0 Å². The molecule has 7 nitrogen and oxygen atoms in total. The van der Waals surface area contributed by atoms with Gasteiger partial charge in [0.2, 0.25) is 0 Å². The van der Waals surface area contributed by atoms with E-state index in [1.807, 2.05) is 54.3 Å². The molecule has 34 heavy (non-hydrogen) atoms. The Labute approximate surface area is 198 Å². The summed E-state index contributed by atoms with van der Waals surface area (Å²) in [6.07, 6.45) is 0. The predicted molar refractivity (Wildman–Crippen MR) is 129 cm³/mol. The SMILES string of the molecule is COc1ccc2c(c1)C(N1CCN(C(=O)c3cccc(C#N)c3)C(C)C1)=Nc1ccccc1O2. The van der Waals surface area contributed by atoms with Crippen LogP contribution in [0, 0.1) is 11.3 Å². The summed E-state index contributed by atoms with van der Waals surface area (Å²) in [5, 5.41) is 9.18. The van der Waals surface area contributed by atoms with Crippen LogP contribution in [0.3, 0.4) is 0 Å². The van der Waals surface area contributed by atoms with Crippen molar-refractivity contribution in [3.05, 3.63) is 83.4 Å². The van der Waals surface area contributed by atoms with E-state index in [0.717, 1.165) is 22.8 Å². The van der Waals surface area contributed by atoms with Crippen LogP contribution in [0.25, 0.3) is 0 Å². The molecule has 2 aliphatic heterocycles. The first kappa shape index (κ1) is 21.5. The number of ether oxygens (including phenoxy) is 2. The summed E-state index contributed by atoms with van der Waals surface area (Å²) < 4.78 is 11.7. The molecule has 3 aromatic rings. The van der Waals surface area contributed by atoms with Crippen molar-refractivity contribution in [3.8, 4) is 23.3 Å². The highest BCUT2D eigenvalue weighted by molar-refractivity contribution is 6.04. The number of amidine groups is 1. The fraction of sp³-hybridized carbons (Fsp3) is 0.222. The van der Waals surface area contributed by atoms with E-state index in [1.54, 1.807) is 31.4 Å². The van der Waals surface area contributed by atoms with Gasteiger partial charge in [-0.05, 0) is 55.5 Å². The maximum Gasteiger partial charge on any atom is 0.254 e. The van der Waals surface area contributed by atoms with E-state index < -0.39 is 0 Å². The number of fused-ring (bicyclic) bond motifs is 2. The van der Waals surface area contributed by atoms with Gasteiger partial charge in [0.05, 0.1) is 24.3 Å². The highest BCUT2D eigenvalue weighted by Gasteiger charge is 2.32. The summed E-state index contributed by atoms with van der Waals surface area (Å²) in [4.78, 5) is 22.2. The highest BCUT2D eigenvalue weighted by atomic mass is 16.5. The van der Waals surface area contributed by atoms with Crippen LogP contribution < -0.4 is 9.47 Å². The Kier molecular flexibility index (Phi) is 5.64. The van der Waals surface area contributed by atoms with Gasteiger partial charge in [-0.1, -0.05) is 18.2 Å². The minimum Gasteiger partial charge on any atom is -0.497 e. The van der Waals surface area contributed by atoms with Crippen molar-refractivity contribution in [2.24, 2.45) is 4.99 Å². The Bertz CT molecular complexity index is 1330. The predicted octanol–water partition coefficient (Wildman–Crippen LogP) is 4.60. The van der Waals surface area contributed by atoms with Gasteiger partial charge in [-0.25, -0.2) is 4.99 Å². The Morgan fingerprint density at radius 2 is 1.94 bits per heavy atom. The van der Waals surface area contributed by atoms with E-state index in [9.17, 15) is 10.1 Å². The maximum absolute atomic E-state index is 13.2. The number of carbonyl (C=O) groups is 1. The smallest absolute Gasteiger partial charge is 0.254 e. The molecular formula is C27H24N4O3. The molecule has 2 heterocycles. The highest BCUT2D eigenvalue weighted by Crippen LogP contribution is 2.39. The number of methoxy groups -OCH3 is 1. The zero-order valence-corrected chi connectivity index (χ0v) is 19.1. The van der Waals surface area contributed by atoms with Crippen molar-refractivity contribution < 1.29 is 14.3 Å². The van der Waals surface area contributed by atoms with E-state index >= 15 is 0 Å². The first-order valence-corrected chi connectivity index (χ1v) is 11.2. The molecule has 0 saturated carbocycles. The van der Waals surface area contributed by atoms with Gasteiger partial charge in [0.25, 0.3) is 5.91 Å². The monoisotopic (exact) mass is 452 g/mol. The number of piperazine rings is 1. The summed E-state index contributed by atoms with van der Waals surface area (Å²) in [6, 6.07) is 22.3. The average molecular weight is 453 g/mol. The number of aliphatic imine (C=N–C) groups is 1. The van der Waals surface area contributed by atoms with Gasteiger partial charge in [0, 0.05) is 31.2 Å². The lowest BCUT2D eigenvalue weighted by molar-refractivity contribution is 0.0581. The molecular weight excluding hydrogens is 428 g/mol. The molecule has 1 amide bonds. The molecule has 0 aromatic heterocycles. The fourth-order valence-corrected chi connectivity index (χ4v) is 4.41. The molecule has 0 spiro atoms.